The monoisotopic (exact) mass is 503 g/mol. The first-order valence-corrected chi connectivity index (χ1v) is 12.4. The number of amides is 4. The summed E-state index contributed by atoms with van der Waals surface area (Å²) in [6, 6.07) is 5.92. The molecule has 36 heavy (non-hydrogen) atoms. The second-order valence-electron chi connectivity index (χ2n) is 9.84. The van der Waals surface area contributed by atoms with Crippen molar-refractivity contribution >= 4 is 23.6 Å². The molecule has 2 heterocycles. The van der Waals surface area contributed by atoms with Crippen LogP contribution in [0.1, 0.15) is 45.1 Å². The Morgan fingerprint density at radius 2 is 1.75 bits per heavy atom. The predicted octanol–water partition coefficient (Wildman–Crippen LogP) is -1.36. The average Bonchev–Trinajstić information content (AvgIpc) is 3.49. The van der Waals surface area contributed by atoms with Gasteiger partial charge in [-0.25, -0.2) is 0 Å². The summed E-state index contributed by atoms with van der Waals surface area (Å²) in [6.45, 7) is 3.39. The third-order valence-corrected chi connectivity index (χ3v) is 7.22. The van der Waals surface area contributed by atoms with Crippen molar-refractivity contribution in [2.24, 2.45) is 11.5 Å². The van der Waals surface area contributed by atoms with Crippen LogP contribution in [0.25, 0.3) is 0 Å². The zero-order chi connectivity index (χ0) is 26.6. The van der Waals surface area contributed by atoms with Crippen LogP contribution in [0, 0.1) is 0 Å². The molecule has 2 fully saturated rings. The molecule has 0 aliphatic carbocycles. The number of nitrogens with two attached hydrogens (primary N) is 2. The molecule has 0 saturated carbocycles. The third-order valence-electron chi connectivity index (χ3n) is 7.22. The van der Waals surface area contributed by atoms with Gasteiger partial charge in [0, 0.05) is 19.5 Å². The molecule has 198 valence electrons. The molecule has 11 nitrogen and oxygen atoms in total. The number of likely N-dealkylation sites (tertiary alicyclic amines) is 2. The van der Waals surface area contributed by atoms with Gasteiger partial charge >= 0.3 is 0 Å². The summed E-state index contributed by atoms with van der Waals surface area (Å²) < 4.78 is 0. The van der Waals surface area contributed by atoms with E-state index in [0.29, 0.717) is 32.2 Å². The lowest BCUT2D eigenvalue weighted by Gasteiger charge is -2.41. The quantitative estimate of drug-likeness (QED) is 0.276. The van der Waals surface area contributed by atoms with Crippen molar-refractivity contribution in [2.45, 2.75) is 81.8 Å². The van der Waals surface area contributed by atoms with Gasteiger partial charge in [0.05, 0.1) is 12.2 Å². The molecule has 0 radical (unpaired) electrons. The van der Waals surface area contributed by atoms with Crippen molar-refractivity contribution in [1.29, 1.82) is 0 Å². The molecule has 4 amide bonds. The van der Waals surface area contributed by atoms with E-state index in [1.54, 1.807) is 0 Å². The summed E-state index contributed by atoms with van der Waals surface area (Å²) in [5.74, 6) is -2.36. The number of hydrogen-bond acceptors (Lipinski definition) is 7. The second-order valence-corrected chi connectivity index (χ2v) is 9.84. The highest BCUT2D eigenvalue weighted by atomic mass is 16.3. The number of nitrogens with one attached hydrogen (secondary N) is 1. The molecule has 2 saturated heterocycles. The zero-order valence-corrected chi connectivity index (χ0v) is 20.8. The molecule has 6 atom stereocenters. The van der Waals surface area contributed by atoms with Gasteiger partial charge in [-0.1, -0.05) is 30.3 Å². The van der Waals surface area contributed by atoms with Crippen LogP contribution in [-0.2, 0) is 25.6 Å². The van der Waals surface area contributed by atoms with Crippen molar-refractivity contribution in [3.05, 3.63) is 35.9 Å². The van der Waals surface area contributed by atoms with Gasteiger partial charge in [0.25, 0.3) is 0 Å². The number of hydrogen-bond donors (Lipinski definition) is 5. The topological polar surface area (TPSA) is 179 Å². The fraction of sp³-hybridized carbons (Fsp3) is 0.600. The fourth-order valence-corrected chi connectivity index (χ4v) is 5.20. The summed E-state index contributed by atoms with van der Waals surface area (Å²) in [5.41, 5.74) is 10.8. The van der Waals surface area contributed by atoms with E-state index in [0.717, 1.165) is 5.56 Å². The van der Waals surface area contributed by atoms with Gasteiger partial charge in [0.2, 0.25) is 23.6 Å². The van der Waals surface area contributed by atoms with Crippen LogP contribution in [0.15, 0.2) is 30.3 Å². The maximum absolute atomic E-state index is 13.9. The Morgan fingerprint density at radius 1 is 1.08 bits per heavy atom. The van der Waals surface area contributed by atoms with Gasteiger partial charge in [-0.15, -0.1) is 0 Å². The lowest BCUT2D eigenvalue weighted by atomic mass is 9.86. The molecule has 11 heteroatoms. The van der Waals surface area contributed by atoms with Crippen molar-refractivity contribution in [2.75, 3.05) is 13.1 Å². The number of primary amides is 1. The summed E-state index contributed by atoms with van der Waals surface area (Å²) in [7, 11) is 0. The highest BCUT2D eigenvalue weighted by Gasteiger charge is 2.53. The maximum Gasteiger partial charge on any atom is 0.247 e. The Kier molecular flexibility index (Phi) is 8.70. The maximum atomic E-state index is 13.9. The number of carbonyl (C=O) groups excluding carboxylic acids is 4. The molecule has 7 N–H and O–H groups in total. The molecule has 3 rings (SSSR count). The largest absolute Gasteiger partial charge is 0.391 e. The van der Waals surface area contributed by atoms with E-state index in [1.807, 2.05) is 30.3 Å². The number of carbonyl (C=O) groups is 4. The Balaban J connectivity index is 1.96. The van der Waals surface area contributed by atoms with Gasteiger partial charge in [-0.3, -0.25) is 19.2 Å². The van der Waals surface area contributed by atoms with Gasteiger partial charge in [-0.2, -0.15) is 0 Å². The van der Waals surface area contributed by atoms with Crippen molar-refractivity contribution in [3.63, 3.8) is 0 Å². The smallest absolute Gasteiger partial charge is 0.247 e. The Hall–Kier alpha value is -3.02. The lowest BCUT2D eigenvalue weighted by molar-refractivity contribution is -0.152. The van der Waals surface area contributed by atoms with Crippen molar-refractivity contribution in [1.82, 2.24) is 15.1 Å². The molecule has 2 aliphatic heterocycles. The summed E-state index contributed by atoms with van der Waals surface area (Å²) in [5, 5.41) is 22.4. The molecule has 1 aromatic carbocycles. The Labute approximate surface area is 210 Å². The predicted molar refractivity (Wildman–Crippen MR) is 131 cm³/mol. The fourth-order valence-electron chi connectivity index (χ4n) is 5.20. The minimum Gasteiger partial charge on any atom is -0.391 e. The molecule has 0 aromatic heterocycles. The number of nitrogens with zero attached hydrogens (tertiary/aromatic N) is 2. The zero-order valence-electron chi connectivity index (χ0n) is 20.8. The number of rotatable bonds is 9. The first-order chi connectivity index (χ1) is 17.0. The minimum absolute atomic E-state index is 0.185. The van der Waals surface area contributed by atoms with Crippen LogP contribution >= 0.6 is 0 Å². The van der Waals surface area contributed by atoms with Crippen LogP contribution in [0.4, 0.5) is 0 Å². The third kappa shape index (κ3) is 5.53. The van der Waals surface area contributed by atoms with E-state index in [1.165, 1.54) is 23.6 Å². The number of benzene rings is 1. The van der Waals surface area contributed by atoms with Crippen LogP contribution in [0.2, 0.25) is 0 Å². The SMILES string of the molecule is CC(O)C(N)C(=O)N1CCCC1C(=O)N1CCC[C@@]1(Cc1ccccc1)C(=O)N[C@H](C(N)=O)[C@@H](C)O. The first kappa shape index (κ1) is 27.6. The molecular weight excluding hydrogens is 466 g/mol. The van der Waals surface area contributed by atoms with E-state index in [4.69, 9.17) is 11.5 Å². The van der Waals surface area contributed by atoms with Crippen molar-refractivity contribution in [3.8, 4) is 0 Å². The van der Waals surface area contributed by atoms with E-state index >= 15 is 0 Å². The normalized spacial score (nSPS) is 25.2. The van der Waals surface area contributed by atoms with E-state index in [-0.39, 0.29) is 18.9 Å². The van der Waals surface area contributed by atoms with Crippen LogP contribution in [0.3, 0.4) is 0 Å². The van der Waals surface area contributed by atoms with Crippen LogP contribution in [0.5, 0.6) is 0 Å². The van der Waals surface area contributed by atoms with Gasteiger partial charge < -0.3 is 36.8 Å². The van der Waals surface area contributed by atoms with Gasteiger partial charge in [0.1, 0.15) is 23.7 Å². The summed E-state index contributed by atoms with van der Waals surface area (Å²) >= 11 is 0. The minimum atomic E-state index is -1.34. The molecule has 0 spiro atoms. The molecule has 0 bridgehead atoms. The molecule has 3 unspecified atom stereocenters. The first-order valence-electron chi connectivity index (χ1n) is 12.4. The Bertz CT molecular complexity index is 971. The van der Waals surface area contributed by atoms with E-state index in [9.17, 15) is 29.4 Å². The average molecular weight is 504 g/mol. The van der Waals surface area contributed by atoms with Gasteiger partial charge in [-0.05, 0) is 45.1 Å². The number of aliphatic hydroxyl groups excluding tert-OH is 2. The molecule has 2 aliphatic rings. The standard InChI is InChI=1S/C25H37N5O6/c1-15(31)19(26)23(35)29-12-6-10-18(29)22(34)30-13-7-11-25(30,14-17-8-4-3-5-9-17)24(36)28-20(16(2)32)21(27)33/h3-5,8-9,15-16,18-20,31-32H,6-7,10-14,26H2,1-2H3,(H2,27,33)(H,28,36)/t15?,16-,18?,19?,20+,25-/m1/s1. The van der Waals surface area contributed by atoms with E-state index in [2.05, 4.69) is 5.32 Å². The van der Waals surface area contributed by atoms with Crippen LogP contribution < -0.4 is 16.8 Å². The molecule has 1 aromatic rings. The highest BCUT2D eigenvalue weighted by Crippen LogP contribution is 2.36. The van der Waals surface area contributed by atoms with Gasteiger partial charge in [0.15, 0.2) is 0 Å². The Morgan fingerprint density at radius 3 is 2.33 bits per heavy atom. The second kappa shape index (κ2) is 11.4. The molecular formula is C25H37N5O6. The summed E-state index contributed by atoms with van der Waals surface area (Å²) in [4.78, 5) is 55.4. The summed E-state index contributed by atoms with van der Waals surface area (Å²) in [6.07, 6.45) is -0.246. The van der Waals surface area contributed by atoms with E-state index < -0.39 is 53.6 Å². The number of aliphatic hydroxyl groups is 2. The van der Waals surface area contributed by atoms with Crippen molar-refractivity contribution < 1.29 is 29.4 Å². The highest BCUT2D eigenvalue weighted by molar-refractivity contribution is 5.98. The lowest BCUT2D eigenvalue weighted by Crippen LogP contribution is -2.65. The van der Waals surface area contributed by atoms with Crippen LogP contribution in [-0.4, -0.2) is 92.6 Å².